The summed E-state index contributed by atoms with van der Waals surface area (Å²) in [7, 11) is 7.40. The van der Waals surface area contributed by atoms with Gasteiger partial charge in [-0.25, -0.2) is 0 Å². The molecule has 0 saturated heterocycles. The Kier molecular flexibility index (Phi) is 8.44. The number of likely N-dealkylation sites (N-methyl/N-ethyl adjacent to an activating group) is 1. The van der Waals surface area contributed by atoms with E-state index in [2.05, 4.69) is 42.3 Å². The van der Waals surface area contributed by atoms with Crippen LogP contribution in [0.15, 0.2) is 36.4 Å². The first-order valence-corrected chi connectivity index (χ1v) is 11.2. The van der Waals surface area contributed by atoms with Crippen molar-refractivity contribution in [1.82, 2.24) is 4.90 Å². The fourth-order valence-electron chi connectivity index (χ4n) is 4.49. The van der Waals surface area contributed by atoms with Crippen molar-refractivity contribution in [3.05, 3.63) is 53.1 Å². The molecule has 0 amide bonds. The number of methoxy groups -OCH3 is 3. The maximum Gasteiger partial charge on any atom is 0.161 e. The van der Waals surface area contributed by atoms with Gasteiger partial charge in [-0.15, -0.1) is 0 Å². The molecule has 3 rings (SSSR count). The molecule has 0 aromatic heterocycles. The smallest absolute Gasteiger partial charge is 0.161 e. The monoisotopic (exact) mass is 411 g/mol. The zero-order valence-corrected chi connectivity index (χ0v) is 19.1. The van der Waals surface area contributed by atoms with Crippen LogP contribution in [-0.4, -0.2) is 46.4 Å². The Morgan fingerprint density at radius 1 is 0.867 bits per heavy atom. The van der Waals surface area contributed by atoms with Crippen LogP contribution in [0, 0.1) is 5.92 Å². The standard InChI is InChI=1S/C26H37NO3/c1-27(16-14-21-7-5-9-24(17-21)28-2)15-6-8-20-10-12-22-18-25(29-3)26(30-4)19-23(22)13-11-20/h5,7,9,17-20H,6,8,10-16H2,1-4H3. The zero-order valence-electron chi connectivity index (χ0n) is 19.1. The molecule has 30 heavy (non-hydrogen) atoms. The Labute approximate surface area is 182 Å². The lowest BCUT2D eigenvalue weighted by atomic mass is 9.94. The number of hydrogen-bond acceptors (Lipinski definition) is 4. The van der Waals surface area contributed by atoms with Crippen LogP contribution in [0.1, 0.15) is 42.4 Å². The molecular weight excluding hydrogens is 374 g/mol. The van der Waals surface area contributed by atoms with Gasteiger partial charge >= 0.3 is 0 Å². The third-order valence-electron chi connectivity index (χ3n) is 6.42. The molecule has 1 aliphatic rings. The van der Waals surface area contributed by atoms with Gasteiger partial charge in [0.1, 0.15) is 5.75 Å². The van der Waals surface area contributed by atoms with Crippen LogP contribution < -0.4 is 14.2 Å². The second kappa shape index (κ2) is 11.3. The summed E-state index contributed by atoms with van der Waals surface area (Å²) in [5, 5.41) is 0. The summed E-state index contributed by atoms with van der Waals surface area (Å²) in [6.45, 7) is 2.25. The van der Waals surface area contributed by atoms with Gasteiger partial charge in [-0.2, -0.15) is 0 Å². The molecule has 164 valence electrons. The Bertz CT molecular complexity index is 770. The van der Waals surface area contributed by atoms with E-state index in [1.165, 1.54) is 42.4 Å². The molecule has 0 saturated carbocycles. The minimum absolute atomic E-state index is 0.807. The van der Waals surface area contributed by atoms with Gasteiger partial charge in [0.2, 0.25) is 0 Å². The van der Waals surface area contributed by atoms with Crippen LogP contribution >= 0.6 is 0 Å². The van der Waals surface area contributed by atoms with Crippen LogP contribution in [0.5, 0.6) is 17.2 Å². The second-order valence-corrected chi connectivity index (χ2v) is 8.47. The predicted octanol–water partition coefficient (Wildman–Crippen LogP) is 5.16. The number of benzene rings is 2. The fraction of sp³-hybridized carbons (Fsp3) is 0.538. The molecule has 2 aromatic carbocycles. The zero-order chi connectivity index (χ0) is 21.3. The lowest BCUT2D eigenvalue weighted by Gasteiger charge is -2.19. The molecule has 0 spiro atoms. The van der Waals surface area contributed by atoms with E-state index >= 15 is 0 Å². The first-order chi connectivity index (χ1) is 14.6. The van der Waals surface area contributed by atoms with E-state index in [1.54, 1.807) is 21.3 Å². The average Bonchev–Trinajstić information content (AvgIpc) is 2.98. The highest BCUT2D eigenvalue weighted by Crippen LogP contribution is 2.35. The Morgan fingerprint density at radius 3 is 2.13 bits per heavy atom. The molecule has 0 aliphatic heterocycles. The van der Waals surface area contributed by atoms with E-state index in [9.17, 15) is 0 Å². The van der Waals surface area contributed by atoms with Crippen molar-refractivity contribution in [3.63, 3.8) is 0 Å². The Morgan fingerprint density at radius 2 is 1.53 bits per heavy atom. The predicted molar refractivity (Wildman–Crippen MR) is 123 cm³/mol. The summed E-state index contributed by atoms with van der Waals surface area (Å²) < 4.78 is 16.3. The van der Waals surface area contributed by atoms with E-state index in [0.29, 0.717) is 0 Å². The van der Waals surface area contributed by atoms with Crippen molar-refractivity contribution in [2.45, 2.75) is 44.9 Å². The van der Waals surface area contributed by atoms with Gasteiger partial charge in [-0.3, -0.25) is 0 Å². The highest BCUT2D eigenvalue weighted by atomic mass is 16.5. The van der Waals surface area contributed by atoms with Crippen LogP contribution in [0.4, 0.5) is 0 Å². The quantitative estimate of drug-likeness (QED) is 0.505. The van der Waals surface area contributed by atoms with Crippen molar-refractivity contribution >= 4 is 0 Å². The van der Waals surface area contributed by atoms with Gasteiger partial charge in [0.05, 0.1) is 21.3 Å². The maximum atomic E-state index is 5.49. The van der Waals surface area contributed by atoms with Crippen molar-refractivity contribution in [2.75, 3.05) is 41.5 Å². The van der Waals surface area contributed by atoms with Gasteiger partial charge in [-0.1, -0.05) is 12.1 Å². The Balaban J connectivity index is 1.42. The summed E-state index contributed by atoms with van der Waals surface area (Å²) in [6.07, 6.45) is 8.48. The molecule has 0 heterocycles. The molecule has 1 aliphatic carbocycles. The number of rotatable bonds is 10. The molecule has 0 N–H and O–H groups in total. The molecule has 4 nitrogen and oxygen atoms in total. The summed E-state index contributed by atoms with van der Waals surface area (Å²) in [5.74, 6) is 3.46. The lowest BCUT2D eigenvalue weighted by molar-refractivity contribution is 0.308. The number of fused-ring (bicyclic) bond motifs is 1. The summed E-state index contributed by atoms with van der Waals surface area (Å²) >= 11 is 0. The van der Waals surface area contributed by atoms with Gasteiger partial charge in [0.15, 0.2) is 11.5 Å². The third kappa shape index (κ3) is 6.15. The molecule has 0 unspecified atom stereocenters. The number of hydrogen-bond donors (Lipinski definition) is 0. The first kappa shape index (κ1) is 22.5. The van der Waals surface area contributed by atoms with Crippen LogP contribution in [-0.2, 0) is 19.3 Å². The van der Waals surface area contributed by atoms with Crippen LogP contribution in [0.25, 0.3) is 0 Å². The van der Waals surface area contributed by atoms with E-state index in [1.807, 2.05) is 6.07 Å². The first-order valence-electron chi connectivity index (χ1n) is 11.2. The summed E-state index contributed by atoms with van der Waals surface area (Å²) in [6, 6.07) is 12.8. The average molecular weight is 412 g/mol. The highest BCUT2D eigenvalue weighted by molar-refractivity contribution is 5.48. The maximum absolute atomic E-state index is 5.49. The van der Waals surface area contributed by atoms with E-state index in [4.69, 9.17) is 14.2 Å². The van der Waals surface area contributed by atoms with Crippen molar-refractivity contribution in [3.8, 4) is 17.2 Å². The number of aryl methyl sites for hydroxylation is 2. The molecule has 0 fully saturated rings. The fourth-order valence-corrected chi connectivity index (χ4v) is 4.49. The molecule has 0 radical (unpaired) electrons. The van der Waals surface area contributed by atoms with Crippen molar-refractivity contribution in [1.29, 1.82) is 0 Å². The summed E-state index contributed by atoms with van der Waals surface area (Å²) in [4.78, 5) is 2.46. The van der Waals surface area contributed by atoms with Crippen LogP contribution in [0.2, 0.25) is 0 Å². The molecule has 0 atom stereocenters. The summed E-state index contributed by atoms with van der Waals surface area (Å²) in [5.41, 5.74) is 4.21. The third-order valence-corrected chi connectivity index (χ3v) is 6.42. The highest BCUT2D eigenvalue weighted by Gasteiger charge is 2.19. The number of nitrogens with zero attached hydrogens (tertiary/aromatic N) is 1. The number of ether oxygens (including phenoxy) is 3. The SMILES string of the molecule is COc1cccc(CCN(C)CCCC2CCc3cc(OC)c(OC)cc3CC2)c1. The van der Waals surface area contributed by atoms with E-state index in [0.717, 1.165) is 55.5 Å². The van der Waals surface area contributed by atoms with Gasteiger partial charge in [0.25, 0.3) is 0 Å². The minimum atomic E-state index is 0.807. The van der Waals surface area contributed by atoms with Gasteiger partial charge in [0, 0.05) is 6.54 Å². The van der Waals surface area contributed by atoms with E-state index in [-0.39, 0.29) is 0 Å². The topological polar surface area (TPSA) is 30.9 Å². The molecule has 0 bridgehead atoms. The normalized spacial score (nSPS) is 14.3. The Hall–Kier alpha value is -2.20. The molecule has 4 heteroatoms. The lowest BCUT2D eigenvalue weighted by Crippen LogP contribution is -2.23. The minimum Gasteiger partial charge on any atom is -0.497 e. The van der Waals surface area contributed by atoms with Crippen molar-refractivity contribution in [2.24, 2.45) is 5.92 Å². The van der Waals surface area contributed by atoms with Crippen molar-refractivity contribution < 1.29 is 14.2 Å². The van der Waals surface area contributed by atoms with E-state index < -0.39 is 0 Å². The van der Waals surface area contributed by atoms with Crippen LogP contribution in [0.3, 0.4) is 0 Å². The molecular formula is C26H37NO3. The van der Waals surface area contributed by atoms with Gasteiger partial charge < -0.3 is 19.1 Å². The second-order valence-electron chi connectivity index (χ2n) is 8.47. The molecule has 2 aromatic rings. The van der Waals surface area contributed by atoms with Gasteiger partial charge in [-0.05, 0) is 105 Å². The largest absolute Gasteiger partial charge is 0.497 e.